The minimum absolute atomic E-state index is 0.112. The summed E-state index contributed by atoms with van der Waals surface area (Å²) >= 11 is 0. The lowest BCUT2D eigenvalue weighted by Crippen LogP contribution is -2.18. The van der Waals surface area contributed by atoms with Crippen molar-refractivity contribution in [3.8, 4) is 5.88 Å². The third kappa shape index (κ3) is 3.66. The lowest BCUT2D eigenvalue weighted by atomic mass is 10.1. The van der Waals surface area contributed by atoms with Gasteiger partial charge in [-0.2, -0.15) is 0 Å². The summed E-state index contributed by atoms with van der Waals surface area (Å²) in [7, 11) is 0. The predicted octanol–water partition coefficient (Wildman–Crippen LogP) is 4.55. The molecule has 0 radical (unpaired) electrons. The van der Waals surface area contributed by atoms with E-state index in [0.29, 0.717) is 19.0 Å². The van der Waals surface area contributed by atoms with Crippen molar-refractivity contribution < 1.29 is 9.15 Å². The van der Waals surface area contributed by atoms with Gasteiger partial charge >= 0.3 is 0 Å². The standard InChI is InChI=1S/C20H22N2O2/c1-4-9-24-20-17(13-21-15(3)19-6-5-10-23-19)12-16-11-14(2)7-8-18(16)22-20/h4-8,10-12,15,21H,1,9,13H2,2-3H3. The SMILES string of the molecule is C=CCOc1nc2ccc(C)cc2cc1CNC(C)c1ccco1. The molecule has 0 aliphatic heterocycles. The number of pyridine rings is 1. The van der Waals surface area contributed by atoms with Crippen LogP contribution in [-0.4, -0.2) is 11.6 Å². The van der Waals surface area contributed by atoms with Crippen molar-refractivity contribution in [2.75, 3.05) is 6.61 Å². The second kappa shape index (κ2) is 7.32. The molecule has 0 saturated heterocycles. The number of ether oxygens (including phenoxy) is 1. The van der Waals surface area contributed by atoms with E-state index in [9.17, 15) is 0 Å². The zero-order chi connectivity index (χ0) is 16.9. The van der Waals surface area contributed by atoms with Crippen molar-refractivity contribution in [3.63, 3.8) is 0 Å². The quantitative estimate of drug-likeness (QED) is 0.648. The Morgan fingerprint density at radius 3 is 2.96 bits per heavy atom. The molecule has 4 heteroatoms. The Balaban J connectivity index is 1.86. The van der Waals surface area contributed by atoms with Gasteiger partial charge in [0.05, 0.1) is 17.8 Å². The van der Waals surface area contributed by atoms with E-state index in [1.165, 1.54) is 5.56 Å². The molecule has 1 N–H and O–H groups in total. The molecule has 0 aliphatic rings. The van der Waals surface area contributed by atoms with E-state index in [1.807, 2.05) is 18.2 Å². The van der Waals surface area contributed by atoms with Gasteiger partial charge in [0, 0.05) is 17.5 Å². The monoisotopic (exact) mass is 322 g/mol. The van der Waals surface area contributed by atoms with E-state index in [2.05, 4.69) is 48.9 Å². The molecule has 24 heavy (non-hydrogen) atoms. The van der Waals surface area contributed by atoms with Gasteiger partial charge in [-0.1, -0.05) is 24.3 Å². The van der Waals surface area contributed by atoms with Gasteiger partial charge in [0.15, 0.2) is 0 Å². The van der Waals surface area contributed by atoms with Crippen molar-refractivity contribution >= 4 is 10.9 Å². The van der Waals surface area contributed by atoms with Crippen LogP contribution < -0.4 is 10.1 Å². The van der Waals surface area contributed by atoms with Gasteiger partial charge in [0.25, 0.3) is 0 Å². The molecule has 1 atom stereocenters. The van der Waals surface area contributed by atoms with E-state index in [-0.39, 0.29) is 6.04 Å². The number of furan rings is 1. The molecule has 2 aromatic heterocycles. The van der Waals surface area contributed by atoms with Crippen LogP contribution in [0.4, 0.5) is 0 Å². The summed E-state index contributed by atoms with van der Waals surface area (Å²) in [4.78, 5) is 4.66. The van der Waals surface area contributed by atoms with Crippen LogP contribution in [0.2, 0.25) is 0 Å². The molecule has 3 rings (SSSR count). The van der Waals surface area contributed by atoms with Gasteiger partial charge in [-0.25, -0.2) is 4.98 Å². The average molecular weight is 322 g/mol. The van der Waals surface area contributed by atoms with E-state index in [4.69, 9.17) is 9.15 Å². The molecule has 4 nitrogen and oxygen atoms in total. The first-order valence-electron chi connectivity index (χ1n) is 8.08. The highest BCUT2D eigenvalue weighted by Crippen LogP contribution is 2.24. The van der Waals surface area contributed by atoms with Gasteiger partial charge in [0.1, 0.15) is 12.4 Å². The average Bonchev–Trinajstić information content (AvgIpc) is 3.12. The van der Waals surface area contributed by atoms with Gasteiger partial charge < -0.3 is 14.5 Å². The maximum absolute atomic E-state index is 5.76. The first-order chi connectivity index (χ1) is 11.7. The Kier molecular flexibility index (Phi) is 4.96. The predicted molar refractivity (Wildman–Crippen MR) is 96.1 cm³/mol. The zero-order valence-electron chi connectivity index (χ0n) is 14.1. The molecular weight excluding hydrogens is 300 g/mol. The fourth-order valence-corrected chi connectivity index (χ4v) is 2.61. The van der Waals surface area contributed by atoms with Crippen LogP contribution in [0.25, 0.3) is 10.9 Å². The fourth-order valence-electron chi connectivity index (χ4n) is 2.61. The van der Waals surface area contributed by atoms with Gasteiger partial charge in [-0.15, -0.1) is 0 Å². The molecule has 2 heterocycles. The van der Waals surface area contributed by atoms with Gasteiger partial charge in [-0.3, -0.25) is 0 Å². The van der Waals surface area contributed by atoms with Crippen LogP contribution in [0.15, 0.2) is 59.7 Å². The zero-order valence-corrected chi connectivity index (χ0v) is 14.1. The number of hydrogen-bond acceptors (Lipinski definition) is 4. The highest BCUT2D eigenvalue weighted by atomic mass is 16.5. The van der Waals surface area contributed by atoms with Crippen molar-refractivity contribution in [2.45, 2.75) is 26.4 Å². The van der Waals surface area contributed by atoms with Crippen molar-refractivity contribution in [3.05, 3.63) is 72.2 Å². The number of benzene rings is 1. The van der Waals surface area contributed by atoms with E-state index < -0.39 is 0 Å². The summed E-state index contributed by atoms with van der Waals surface area (Å²) in [6, 6.07) is 12.3. The molecule has 0 aliphatic carbocycles. The molecule has 0 fully saturated rings. The van der Waals surface area contributed by atoms with Crippen LogP contribution >= 0.6 is 0 Å². The molecule has 124 valence electrons. The summed E-state index contributed by atoms with van der Waals surface area (Å²) in [5.41, 5.74) is 3.17. The van der Waals surface area contributed by atoms with Crippen LogP contribution in [0, 0.1) is 6.92 Å². The Morgan fingerprint density at radius 1 is 1.33 bits per heavy atom. The van der Waals surface area contributed by atoms with Crippen LogP contribution in [0.5, 0.6) is 5.88 Å². The largest absolute Gasteiger partial charge is 0.473 e. The molecular formula is C20H22N2O2. The Morgan fingerprint density at radius 2 is 2.21 bits per heavy atom. The van der Waals surface area contributed by atoms with E-state index in [1.54, 1.807) is 12.3 Å². The third-order valence-electron chi connectivity index (χ3n) is 3.92. The fraction of sp³-hybridized carbons (Fsp3) is 0.250. The molecule has 1 unspecified atom stereocenters. The van der Waals surface area contributed by atoms with E-state index in [0.717, 1.165) is 22.2 Å². The first kappa shape index (κ1) is 16.3. The lowest BCUT2D eigenvalue weighted by molar-refractivity contribution is 0.342. The smallest absolute Gasteiger partial charge is 0.218 e. The summed E-state index contributed by atoms with van der Waals surface area (Å²) in [5.74, 6) is 1.55. The lowest BCUT2D eigenvalue weighted by Gasteiger charge is -2.15. The summed E-state index contributed by atoms with van der Waals surface area (Å²) in [6.07, 6.45) is 3.41. The number of aromatic nitrogens is 1. The number of aryl methyl sites for hydroxylation is 1. The van der Waals surface area contributed by atoms with Crippen LogP contribution in [0.3, 0.4) is 0 Å². The van der Waals surface area contributed by atoms with Crippen molar-refractivity contribution in [1.82, 2.24) is 10.3 Å². The minimum Gasteiger partial charge on any atom is -0.473 e. The highest BCUT2D eigenvalue weighted by Gasteiger charge is 2.12. The van der Waals surface area contributed by atoms with Crippen molar-refractivity contribution in [2.24, 2.45) is 0 Å². The number of nitrogens with one attached hydrogen (secondary N) is 1. The van der Waals surface area contributed by atoms with Gasteiger partial charge in [0.2, 0.25) is 5.88 Å². The Bertz CT molecular complexity index is 825. The summed E-state index contributed by atoms with van der Waals surface area (Å²) in [5, 5.41) is 4.57. The second-order valence-electron chi connectivity index (χ2n) is 5.87. The summed E-state index contributed by atoms with van der Waals surface area (Å²) < 4.78 is 11.2. The van der Waals surface area contributed by atoms with E-state index >= 15 is 0 Å². The summed E-state index contributed by atoms with van der Waals surface area (Å²) in [6.45, 7) is 8.94. The van der Waals surface area contributed by atoms with Gasteiger partial charge in [-0.05, 0) is 44.2 Å². The number of nitrogens with zero attached hydrogens (tertiary/aromatic N) is 1. The number of hydrogen-bond donors (Lipinski definition) is 1. The molecule has 1 aromatic carbocycles. The maximum Gasteiger partial charge on any atom is 0.218 e. The maximum atomic E-state index is 5.76. The second-order valence-corrected chi connectivity index (χ2v) is 5.87. The highest BCUT2D eigenvalue weighted by molar-refractivity contribution is 5.80. The first-order valence-corrected chi connectivity index (χ1v) is 8.08. The minimum atomic E-state index is 0.112. The molecule has 3 aromatic rings. The number of rotatable bonds is 7. The molecule has 0 spiro atoms. The topological polar surface area (TPSA) is 47.3 Å². The van der Waals surface area contributed by atoms with Crippen LogP contribution in [0.1, 0.15) is 29.9 Å². The normalized spacial score (nSPS) is 12.2. The molecule has 0 bridgehead atoms. The Labute approximate surface area is 142 Å². The Hall–Kier alpha value is -2.59. The van der Waals surface area contributed by atoms with Crippen LogP contribution in [-0.2, 0) is 6.54 Å². The third-order valence-corrected chi connectivity index (χ3v) is 3.92. The number of fused-ring (bicyclic) bond motifs is 1. The van der Waals surface area contributed by atoms with Crippen molar-refractivity contribution in [1.29, 1.82) is 0 Å². The molecule has 0 saturated carbocycles. The molecule has 0 amide bonds.